The molecular weight excluding hydrogens is 717 g/mol. The van der Waals surface area contributed by atoms with Crippen molar-refractivity contribution >= 4 is 57.9 Å². The van der Waals surface area contributed by atoms with Gasteiger partial charge in [0, 0.05) is 30.6 Å². The predicted molar refractivity (Wildman–Crippen MR) is 195 cm³/mol. The zero-order valence-corrected chi connectivity index (χ0v) is 29.0. The van der Waals surface area contributed by atoms with Crippen LogP contribution < -0.4 is 24.6 Å². The number of carbonyl (C=O) groups excluding carboxylic acids is 3. The molecule has 7 rings (SSSR count). The lowest BCUT2D eigenvalue weighted by Gasteiger charge is -2.44. The van der Waals surface area contributed by atoms with E-state index in [2.05, 4.69) is 57.1 Å². The van der Waals surface area contributed by atoms with Crippen molar-refractivity contribution in [2.24, 2.45) is 0 Å². The van der Waals surface area contributed by atoms with Crippen molar-refractivity contribution < 1.29 is 23.9 Å². The van der Waals surface area contributed by atoms with Crippen molar-refractivity contribution in [3.63, 3.8) is 0 Å². The molecule has 48 heavy (non-hydrogen) atoms. The molecule has 8 nitrogen and oxygen atoms in total. The van der Waals surface area contributed by atoms with Crippen LogP contribution in [0, 0.1) is 3.57 Å². The number of carbonyl (C=O) groups is 3. The van der Waals surface area contributed by atoms with Crippen LogP contribution in [0.1, 0.15) is 65.8 Å². The van der Waals surface area contributed by atoms with E-state index in [9.17, 15) is 14.4 Å². The van der Waals surface area contributed by atoms with E-state index in [4.69, 9.17) is 9.47 Å². The number of amides is 4. The number of barbiturate groups is 1. The summed E-state index contributed by atoms with van der Waals surface area (Å²) in [4.78, 5) is 44.6. The maximum Gasteiger partial charge on any atom is 0.335 e. The van der Waals surface area contributed by atoms with Crippen LogP contribution in [0.3, 0.4) is 0 Å². The topological polar surface area (TPSA) is 88.2 Å². The van der Waals surface area contributed by atoms with Crippen LogP contribution in [-0.4, -0.2) is 44.7 Å². The van der Waals surface area contributed by atoms with E-state index < -0.39 is 17.8 Å². The lowest BCUT2D eigenvalue weighted by molar-refractivity contribution is -0.122. The number of imide groups is 2. The second-order valence-corrected chi connectivity index (χ2v) is 13.5. The molecule has 3 aliphatic rings. The number of hydrogen-bond acceptors (Lipinski definition) is 6. The molecule has 1 N–H and O–H groups in total. The number of ether oxygens (including phenoxy) is 2. The Bertz CT molecular complexity index is 1850. The van der Waals surface area contributed by atoms with Gasteiger partial charge in [0.25, 0.3) is 11.8 Å². The Morgan fingerprint density at radius 1 is 0.875 bits per heavy atom. The second kappa shape index (κ2) is 13.5. The molecule has 2 atom stereocenters. The molecule has 0 unspecified atom stereocenters. The van der Waals surface area contributed by atoms with Crippen LogP contribution in [0.5, 0.6) is 11.5 Å². The first-order chi connectivity index (χ1) is 23.4. The van der Waals surface area contributed by atoms with Gasteiger partial charge in [0.2, 0.25) is 0 Å². The van der Waals surface area contributed by atoms with Crippen molar-refractivity contribution in [1.29, 1.82) is 0 Å². The minimum Gasteiger partial charge on any atom is -0.493 e. The number of rotatable bonds is 8. The normalized spacial score (nSPS) is 19.6. The van der Waals surface area contributed by atoms with Crippen LogP contribution in [0.15, 0.2) is 90.5 Å². The summed E-state index contributed by atoms with van der Waals surface area (Å²) in [5.41, 5.74) is 6.64. The molecule has 0 bridgehead atoms. The molecule has 0 saturated carbocycles. The minimum atomic E-state index is -0.763. The highest BCUT2D eigenvalue weighted by molar-refractivity contribution is 14.1. The Morgan fingerprint density at radius 3 is 2.04 bits per heavy atom. The van der Waals surface area contributed by atoms with Gasteiger partial charge in [0.05, 0.1) is 23.0 Å². The average Bonchev–Trinajstić information content (AvgIpc) is 3.10. The molecule has 0 aromatic heterocycles. The zero-order chi connectivity index (χ0) is 33.4. The fourth-order valence-electron chi connectivity index (χ4n) is 7.19. The summed E-state index contributed by atoms with van der Waals surface area (Å²) in [6.45, 7) is 4.40. The summed E-state index contributed by atoms with van der Waals surface area (Å²) in [5.74, 6) is -0.127. The van der Waals surface area contributed by atoms with Gasteiger partial charge in [0.1, 0.15) is 5.57 Å². The van der Waals surface area contributed by atoms with Gasteiger partial charge in [0.15, 0.2) is 11.5 Å². The lowest BCUT2D eigenvalue weighted by atomic mass is 9.76. The van der Waals surface area contributed by atoms with E-state index in [1.54, 1.807) is 13.2 Å². The molecule has 0 spiro atoms. The number of halogens is 1. The molecule has 1 saturated heterocycles. The van der Waals surface area contributed by atoms with Crippen LogP contribution in [0.4, 0.5) is 16.2 Å². The van der Waals surface area contributed by atoms with E-state index in [1.165, 1.54) is 22.9 Å². The molecule has 0 aliphatic carbocycles. The number of methoxy groups -OCH3 is 1. The Labute approximate surface area is 293 Å². The number of anilines is 2. The summed E-state index contributed by atoms with van der Waals surface area (Å²) in [6.07, 6.45) is 4.18. The molecular formula is C39H36IN3O5. The average molecular weight is 754 g/mol. The van der Waals surface area contributed by atoms with Crippen LogP contribution in [0.2, 0.25) is 0 Å². The van der Waals surface area contributed by atoms with Gasteiger partial charge in [-0.05, 0) is 100 Å². The number of hydrogen-bond donors (Lipinski definition) is 1. The van der Waals surface area contributed by atoms with Gasteiger partial charge in [-0.15, -0.1) is 0 Å². The van der Waals surface area contributed by atoms with E-state index in [1.807, 2.05) is 61.5 Å². The van der Waals surface area contributed by atoms with Gasteiger partial charge in [-0.2, -0.15) is 0 Å². The van der Waals surface area contributed by atoms with Crippen LogP contribution >= 0.6 is 22.6 Å². The first kappa shape index (κ1) is 31.9. The molecule has 4 aromatic rings. The molecule has 4 aromatic carbocycles. The largest absolute Gasteiger partial charge is 0.493 e. The number of urea groups is 1. The smallest absolute Gasteiger partial charge is 0.335 e. The Morgan fingerprint density at radius 2 is 1.48 bits per heavy atom. The van der Waals surface area contributed by atoms with Gasteiger partial charge < -0.3 is 14.4 Å². The summed E-state index contributed by atoms with van der Waals surface area (Å²) >= 11 is 2.16. The highest BCUT2D eigenvalue weighted by Crippen LogP contribution is 2.50. The first-order valence-corrected chi connectivity index (χ1v) is 17.4. The molecule has 9 heteroatoms. The van der Waals surface area contributed by atoms with Crippen molar-refractivity contribution in [3.8, 4) is 11.5 Å². The van der Waals surface area contributed by atoms with E-state index in [0.717, 1.165) is 51.9 Å². The third kappa shape index (κ3) is 5.85. The molecule has 3 heterocycles. The van der Waals surface area contributed by atoms with Gasteiger partial charge in [-0.1, -0.05) is 67.6 Å². The highest BCUT2D eigenvalue weighted by Gasteiger charge is 2.40. The number of nitrogens with zero attached hydrogens (tertiary/aromatic N) is 2. The Kier molecular flexibility index (Phi) is 8.96. The van der Waals surface area contributed by atoms with Crippen molar-refractivity contribution in [2.45, 2.75) is 38.0 Å². The second-order valence-electron chi connectivity index (χ2n) is 12.3. The summed E-state index contributed by atoms with van der Waals surface area (Å²) in [7, 11) is 1.55. The van der Waals surface area contributed by atoms with Gasteiger partial charge in [-0.3, -0.25) is 14.9 Å². The minimum absolute atomic E-state index is 0.0910. The van der Waals surface area contributed by atoms with Crippen molar-refractivity contribution in [2.75, 3.05) is 36.6 Å². The monoisotopic (exact) mass is 753 g/mol. The summed E-state index contributed by atoms with van der Waals surface area (Å²) in [5, 5.41) is 2.43. The number of benzene rings is 4. The van der Waals surface area contributed by atoms with E-state index >= 15 is 0 Å². The van der Waals surface area contributed by atoms with E-state index in [-0.39, 0.29) is 17.4 Å². The van der Waals surface area contributed by atoms with Crippen LogP contribution in [-0.2, 0) is 9.59 Å². The molecule has 3 aliphatic heterocycles. The van der Waals surface area contributed by atoms with E-state index in [0.29, 0.717) is 29.4 Å². The highest BCUT2D eigenvalue weighted by atomic mass is 127. The molecule has 1 fully saturated rings. The summed E-state index contributed by atoms with van der Waals surface area (Å²) < 4.78 is 12.3. The van der Waals surface area contributed by atoms with Crippen LogP contribution in [0.25, 0.3) is 6.08 Å². The quantitative estimate of drug-likeness (QED) is 0.113. The maximum absolute atomic E-state index is 14.3. The predicted octanol–water partition coefficient (Wildman–Crippen LogP) is 7.63. The van der Waals surface area contributed by atoms with Crippen molar-refractivity contribution in [3.05, 3.63) is 122 Å². The zero-order valence-electron chi connectivity index (χ0n) is 26.9. The molecule has 0 radical (unpaired) electrons. The third-order valence-corrected chi connectivity index (χ3v) is 10.2. The fourth-order valence-corrected chi connectivity index (χ4v) is 7.98. The lowest BCUT2D eigenvalue weighted by Crippen LogP contribution is -2.54. The van der Waals surface area contributed by atoms with Gasteiger partial charge >= 0.3 is 6.03 Å². The van der Waals surface area contributed by atoms with Gasteiger partial charge in [-0.25, -0.2) is 9.69 Å². The standard InChI is InChI=1S/C39H36IN3O5/c1-3-18-48-36-33(40)20-24(21-34(36)47-2)19-32-37(44)41-39(46)43(38(32)45)27-22-30-28(25-10-6-4-7-11-25)14-16-42-17-15-29(31(23-27)35(30)42)26-12-8-5-9-13-26/h4-13,19-23,28-29H,3,14-18H2,1-2H3,(H,41,44,46)/b32-19+/t28-,29-/m1/s1. The third-order valence-electron chi connectivity index (χ3n) is 9.37. The molecule has 244 valence electrons. The first-order valence-electron chi connectivity index (χ1n) is 16.3. The fraction of sp³-hybridized carbons (Fsp3) is 0.256. The maximum atomic E-state index is 14.3. The Hall–Kier alpha value is -4.64. The SMILES string of the molecule is CCCOc1c(I)cc(/C=C2\C(=O)NC(=O)N(c3cc4c5c(c3)[C@@H](c3ccccc3)CCN5CC[C@@H]4c3ccccc3)C2=O)cc1OC. The Balaban J connectivity index is 1.35. The number of nitrogens with one attached hydrogen (secondary N) is 1. The van der Waals surface area contributed by atoms with Crippen molar-refractivity contribution in [1.82, 2.24) is 5.32 Å². The molecule has 4 amide bonds. The summed E-state index contributed by atoms with van der Waals surface area (Å²) in [6, 6.07) is 27.5.